The van der Waals surface area contributed by atoms with E-state index >= 15 is 0 Å². The molecule has 0 aromatic heterocycles. The lowest BCUT2D eigenvalue weighted by Gasteiger charge is -2.41. The molecule has 114 valence electrons. The lowest BCUT2D eigenvalue weighted by atomic mass is 9.83. The van der Waals surface area contributed by atoms with Crippen molar-refractivity contribution in [1.29, 1.82) is 0 Å². The maximum absolute atomic E-state index is 12.8. The van der Waals surface area contributed by atoms with Crippen LogP contribution in [-0.4, -0.2) is 67.2 Å². The predicted octanol–water partition coefficient (Wildman–Crippen LogP) is 0.437. The van der Waals surface area contributed by atoms with Gasteiger partial charge in [-0.25, -0.2) is 0 Å². The summed E-state index contributed by atoms with van der Waals surface area (Å²) in [5, 5.41) is 0. The number of nitrogens with zero attached hydrogens (tertiary/aromatic N) is 2. The fourth-order valence-electron chi connectivity index (χ4n) is 3.81. The second kappa shape index (κ2) is 5.62. The van der Waals surface area contributed by atoms with Crippen molar-refractivity contribution < 1.29 is 9.53 Å². The van der Waals surface area contributed by atoms with Crippen molar-refractivity contribution in [1.82, 2.24) is 9.80 Å². The maximum atomic E-state index is 12.8. The van der Waals surface area contributed by atoms with E-state index < -0.39 is 5.41 Å². The monoisotopic (exact) mass is 281 g/mol. The van der Waals surface area contributed by atoms with Crippen LogP contribution in [0.4, 0.5) is 0 Å². The van der Waals surface area contributed by atoms with Crippen LogP contribution in [0.5, 0.6) is 0 Å². The molecule has 1 amide bonds. The van der Waals surface area contributed by atoms with Crippen LogP contribution in [0.1, 0.15) is 32.6 Å². The van der Waals surface area contributed by atoms with E-state index in [0.717, 1.165) is 19.5 Å². The van der Waals surface area contributed by atoms with E-state index in [1.165, 1.54) is 32.4 Å². The number of hydrogen-bond donors (Lipinski definition) is 1. The Hall–Kier alpha value is -0.650. The molecule has 0 aromatic rings. The third-order valence-electron chi connectivity index (χ3n) is 5.35. The Morgan fingerprint density at radius 2 is 2.00 bits per heavy atom. The van der Waals surface area contributed by atoms with Crippen LogP contribution in [0.25, 0.3) is 0 Å². The first-order valence-electron chi connectivity index (χ1n) is 7.98. The van der Waals surface area contributed by atoms with Crippen molar-refractivity contribution in [2.75, 3.05) is 39.4 Å². The summed E-state index contributed by atoms with van der Waals surface area (Å²) in [5.41, 5.74) is 5.57. The molecular weight excluding hydrogens is 254 g/mol. The van der Waals surface area contributed by atoms with Gasteiger partial charge >= 0.3 is 0 Å². The second-order valence-corrected chi connectivity index (χ2v) is 6.83. The Morgan fingerprint density at radius 3 is 2.65 bits per heavy atom. The van der Waals surface area contributed by atoms with Gasteiger partial charge in [0.2, 0.25) is 5.91 Å². The van der Waals surface area contributed by atoms with Crippen molar-refractivity contribution in [3.63, 3.8) is 0 Å². The fourth-order valence-corrected chi connectivity index (χ4v) is 3.81. The van der Waals surface area contributed by atoms with E-state index in [0.29, 0.717) is 19.3 Å². The highest BCUT2D eigenvalue weighted by atomic mass is 16.5. The maximum Gasteiger partial charge on any atom is 0.232 e. The largest absolute Gasteiger partial charge is 0.379 e. The normalized spacial score (nSPS) is 39.4. The number of ether oxygens (including phenoxy) is 1. The summed E-state index contributed by atoms with van der Waals surface area (Å²) in [4.78, 5) is 17.4. The molecule has 0 aliphatic carbocycles. The van der Waals surface area contributed by atoms with Gasteiger partial charge in [0.1, 0.15) is 0 Å². The molecule has 3 atom stereocenters. The van der Waals surface area contributed by atoms with E-state index in [2.05, 4.69) is 4.90 Å². The lowest BCUT2D eigenvalue weighted by molar-refractivity contribution is -0.144. The molecule has 0 spiro atoms. The minimum atomic E-state index is -0.521. The molecule has 3 heterocycles. The second-order valence-electron chi connectivity index (χ2n) is 6.83. The number of rotatable bonds is 2. The summed E-state index contributed by atoms with van der Waals surface area (Å²) in [5.74, 6) is 0.200. The summed E-state index contributed by atoms with van der Waals surface area (Å²) in [6, 6.07) is 0.388. The molecule has 0 saturated carbocycles. The molecule has 3 fully saturated rings. The highest BCUT2D eigenvalue weighted by Crippen LogP contribution is 2.31. The van der Waals surface area contributed by atoms with Crippen LogP contribution in [-0.2, 0) is 9.53 Å². The summed E-state index contributed by atoms with van der Waals surface area (Å²) in [6.07, 6.45) is 4.95. The van der Waals surface area contributed by atoms with Crippen LogP contribution in [0.15, 0.2) is 0 Å². The average Bonchev–Trinajstić information content (AvgIpc) is 3.10. The standard InChI is InChI=1S/C15H27N3O2/c1-15(11-20-10-13(15)16)14(19)18-8-4-5-12(9-18)17-6-2-3-7-17/h12-13H,2-11,16H2,1H3. The molecule has 3 saturated heterocycles. The van der Waals surface area contributed by atoms with Crippen LogP contribution >= 0.6 is 0 Å². The van der Waals surface area contributed by atoms with Gasteiger partial charge in [-0.3, -0.25) is 9.69 Å². The zero-order chi connectivity index (χ0) is 14.2. The number of hydrogen-bond acceptors (Lipinski definition) is 4. The Balaban J connectivity index is 1.65. The number of likely N-dealkylation sites (tertiary alicyclic amines) is 2. The van der Waals surface area contributed by atoms with Crippen molar-refractivity contribution in [2.45, 2.75) is 44.7 Å². The molecule has 3 aliphatic rings. The van der Waals surface area contributed by atoms with Crippen molar-refractivity contribution in [3.8, 4) is 0 Å². The number of nitrogens with two attached hydrogens (primary N) is 1. The number of amides is 1. The Labute approximate surface area is 121 Å². The van der Waals surface area contributed by atoms with Crippen molar-refractivity contribution >= 4 is 5.91 Å². The molecule has 0 radical (unpaired) electrons. The van der Waals surface area contributed by atoms with Crippen LogP contribution < -0.4 is 5.73 Å². The van der Waals surface area contributed by atoms with Gasteiger partial charge in [-0.05, 0) is 45.7 Å². The van der Waals surface area contributed by atoms with E-state index in [1.54, 1.807) is 0 Å². The van der Waals surface area contributed by atoms with E-state index in [9.17, 15) is 4.79 Å². The zero-order valence-corrected chi connectivity index (χ0v) is 12.5. The van der Waals surface area contributed by atoms with Crippen LogP contribution in [0.2, 0.25) is 0 Å². The van der Waals surface area contributed by atoms with Gasteiger partial charge in [0.15, 0.2) is 0 Å². The van der Waals surface area contributed by atoms with Crippen LogP contribution in [0.3, 0.4) is 0 Å². The van der Waals surface area contributed by atoms with Crippen molar-refractivity contribution in [3.05, 3.63) is 0 Å². The zero-order valence-electron chi connectivity index (χ0n) is 12.5. The lowest BCUT2D eigenvalue weighted by Crippen LogP contribution is -2.56. The molecule has 3 rings (SSSR count). The fraction of sp³-hybridized carbons (Fsp3) is 0.933. The first-order valence-corrected chi connectivity index (χ1v) is 7.98. The summed E-state index contributed by atoms with van der Waals surface area (Å²) in [7, 11) is 0. The minimum Gasteiger partial charge on any atom is -0.379 e. The first kappa shape index (κ1) is 14.3. The summed E-state index contributed by atoms with van der Waals surface area (Å²) in [6.45, 7) is 7.10. The van der Waals surface area contributed by atoms with Gasteiger partial charge in [0, 0.05) is 25.2 Å². The van der Waals surface area contributed by atoms with E-state index in [4.69, 9.17) is 10.5 Å². The molecule has 3 unspecified atom stereocenters. The van der Waals surface area contributed by atoms with E-state index in [-0.39, 0.29) is 11.9 Å². The molecule has 20 heavy (non-hydrogen) atoms. The quantitative estimate of drug-likeness (QED) is 0.798. The van der Waals surface area contributed by atoms with Crippen molar-refractivity contribution in [2.24, 2.45) is 11.1 Å². The van der Waals surface area contributed by atoms with Gasteiger partial charge in [-0.15, -0.1) is 0 Å². The smallest absolute Gasteiger partial charge is 0.232 e. The molecule has 5 heteroatoms. The van der Waals surface area contributed by atoms with Gasteiger partial charge in [-0.2, -0.15) is 0 Å². The third kappa shape index (κ3) is 2.47. The Morgan fingerprint density at radius 1 is 1.25 bits per heavy atom. The number of piperidine rings is 1. The van der Waals surface area contributed by atoms with Gasteiger partial charge in [-0.1, -0.05) is 0 Å². The topological polar surface area (TPSA) is 58.8 Å². The third-order valence-corrected chi connectivity index (χ3v) is 5.35. The summed E-state index contributed by atoms with van der Waals surface area (Å²) < 4.78 is 5.43. The predicted molar refractivity (Wildman–Crippen MR) is 77.3 cm³/mol. The van der Waals surface area contributed by atoms with Gasteiger partial charge < -0.3 is 15.4 Å². The van der Waals surface area contributed by atoms with E-state index in [1.807, 2.05) is 11.8 Å². The SMILES string of the molecule is CC1(C(=O)N2CCCC(N3CCCC3)C2)COCC1N. The molecule has 0 aromatic carbocycles. The molecule has 0 bridgehead atoms. The summed E-state index contributed by atoms with van der Waals surface area (Å²) >= 11 is 0. The molecule has 3 aliphatic heterocycles. The van der Waals surface area contributed by atoms with Gasteiger partial charge in [0.25, 0.3) is 0 Å². The first-order chi connectivity index (χ1) is 9.61. The van der Waals surface area contributed by atoms with Crippen LogP contribution in [0, 0.1) is 5.41 Å². The highest BCUT2D eigenvalue weighted by molar-refractivity contribution is 5.84. The number of carbonyl (C=O) groups is 1. The Bertz CT molecular complexity index is 370. The average molecular weight is 281 g/mol. The molecular formula is C15H27N3O2. The molecule has 5 nitrogen and oxygen atoms in total. The molecule has 2 N–H and O–H groups in total. The highest BCUT2D eigenvalue weighted by Gasteiger charge is 2.47. The number of carbonyl (C=O) groups excluding carboxylic acids is 1. The van der Waals surface area contributed by atoms with Gasteiger partial charge in [0.05, 0.1) is 18.6 Å². The minimum absolute atomic E-state index is 0.165. The Kier molecular flexibility index (Phi) is 4.02.